The van der Waals surface area contributed by atoms with Crippen LogP contribution in [-0.2, 0) is 0 Å². The third-order valence-corrected chi connectivity index (χ3v) is 3.29. The number of aryl methyl sites for hydroxylation is 1. The number of hydrogen-bond donors (Lipinski definition) is 2. The van der Waals surface area contributed by atoms with Crippen molar-refractivity contribution in [2.45, 2.75) is 32.9 Å². The minimum Gasteiger partial charge on any atom is -0.495 e. The van der Waals surface area contributed by atoms with Crippen molar-refractivity contribution < 1.29 is 9.84 Å². The summed E-state index contributed by atoms with van der Waals surface area (Å²) in [5.41, 5.74) is 7.64. The standard InChI is InChI=1S/C13H20ClNO2/c1-7(2)12(15)13(16)9-6-10(14)11(17-4)5-8(9)3/h5-7,12-13,16H,15H2,1-4H3. The molecular weight excluding hydrogens is 238 g/mol. The van der Waals surface area contributed by atoms with E-state index in [1.165, 1.54) is 0 Å². The van der Waals surface area contributed by atoms with E-state index in [1.54, 1.807) is 13.2 Å². The molecule has 0 heterocycles. The molecule has 0 amide bonds. The minimum absolute atomic E-state index is 0.199. The Balaban J connectivity index is 3.10. The Morgan fingerprint density at radius 2 is 1.94 bits per heavy atom. The number of methoxy groups -OCH3 is 1. The Morgan fingerprint density at radius 3 is 2.41 bits per heavy atom. The number of rotatable bonds is 4. The van der Waals surface area contributed by atoms with Crippen LogP contribution in [0.2, 0.25) is 5.02 Å². The molecular formula is C13H20ClNO2. The summed E-state index contributed by atoms with van der Waals surface area (Å²) in [4.78, 5) is 0. The molecule has 3 nitrogen and oxygen atoms in total. The third kappa shape index (κ3) is 3.12. The quantitative estimate of drug-likeness (QED) is 0.872. The number of aliphatic hydroxyl groups is 1. The van der Waals surface area contributed by atoms with Gasteiger partial charge in [0.2, 0.25) is 0 Å². The second-order valence-corrected chi connectivity index (χ2v) is 5.02. The van der Waals surface area contributed by atoms with Gasteiger partial charge in [-0.2, -0.15) is 0 Å². The van der Waals surface area contributed by atoms with E-state index in [9.17, 15) is 5.11 Å². The average Bonchev–Trinajstić information content (AvgIpc) is 2.29. The molecule has 0 aliphatic rings. The predicted molar refractivity (Wildman–Crippen MR) is 70.5 cm³/mol. The molecule has 0 fully saturated rings. The summed E-state index contributed by atoms with van der Waals surface area (Å²) in [6.07, 6.45) is -0.710. The van der Waals surface area contributed by atoms with Crippen LogP contribution in [0.3, 0.4) is 0 Å². The molecule has 17 heavy (non-hydrogen) atoms. The predicted octanol–water partition coefficient (Wildman–Crippen LogP) is 2.67. The molecule has 0 aromatic heterocycles. The van der Waals surface area contributed by atoms with Crippen molar-refractivity contribution >= 4 is 11.6 Å². The number of benzene rings is 1. The van der Waals surface area contributed by atoms with Gasteiger partial charge in [-0.3, -0.25) is 0 Å². The number of aliphatic hydroxyl groups excluding tert-OH is 1. The lowest BCUT2D eigenvalue weighted by atomic mass is 9.92. The van der Waals surface area contributed by atoms with Crippen molar-refractivity contribution in [1.82, 2.24) is 0 Å². The van der Waals surface area contributed by atoms with E-state index in [0.717, 1.165) is 11.1 Å². The number of nitrogens with two attached hydrogens (primary N) is 1. The Bertz CT molecular complexity index is 393. The summed E-state index contributed by atoms with van der Waals surface area (Å²) in [5, 5.41) is 10.7. The summed E-state index contributed by atoms with van der Waals surface area (Å²) in [6, 6.07) is 3.23. The van der Waals surface area contributed by atoms with Crippen molar-refractivity contribution in [2.24, 2.45) is 11.7 Å². The zero-order chi connectivity index (χ0) is 13.2. The molecule has 4 heteroatoms. The topological polar surface area (TPSA) is 55.5 Å². The maximum absolute atomic E-state index is 10.2. The van der Waals surface area contributed by atoms with Crippen molar-refractivity contribution in [3.05, 3.63) is 28.3 Å². The molecule has 0 radical (unpaired) electrons. The highest BCUT2D eigenvalue weighted by atomic mass is 35.5. The number of halogens is 1. The summed E-state index contributed by atoms with van der Waals surface area (Å²) < 4.78 is 5.12. The molecule has 0 spiro atoms. The highest BCUT2D eigenvalue weighted by Crippen LogP contribution is 2.32. The first-order valence-electron chi connectivity index (χ1n) is 5.66. The van der Waals surface area contributed by atoms with E-state index in [1.807, 2.05) is 26.8 Å². The fourth-order valence-electron chi connectivity index (χ4n) is 1.72. The van der Waals surface area contributed by atoms with Crippen molar-refractivity contribution in [3.8, 4) is 5.75 Å². The highest BCUT2D eigenvalue weighted by molar-refractivity contribution is 6.32. The Labute approximate surface area is 108 Å². The average molecular weight is 258 g/mol. The molecule has 1 rings (SSSR count). The summed E-state index contributed by atoms with van der Waals surface area (Å²) in [5.74, 6) is 0.809. The van der Waals surface area contributed by atoms with E-state index in [0.29, 0.717) is 10.8 Å². The molecule has 2 atom stereocenters. The Hall–Kier alpha value is -0.770. The van der Waals surface area contributed by atoms with Gasteiger partial charge in [-0.1, -0.05) is 25.4 Å². The summed E-state index contributed by atoms with van der Waals surface area (Å²) in [6.45, 7) is 5.87. The maximum Gasteiger partial charge on any atom is 0.137 e. The van der Waals surface area contributed by atoms with Crippen LogP contribution in [0.15, 0.2) is 12.1 Å². The van der Waals surface area contributed by atoms with Gasteiger partial charge in [0.05, 0.1) is 18.2 Å². The summed E-state index contributed by atoms with van der Waals surface area (Å²) >= 11 is 6.05. The maximum atomic E-state index is 10.2. The first-order chi connectivity index (χ1) is 7.88. The van der Waals surface area contributed by atoms with Crippen LogP contribution in [0.5, 0.6) is 5.75 Å². The van der Waals surface area contributed by atoms with Crippen LogP contribution in [0.25, 0.3) is 0 Å². The number of ether oxygens (including phenoxy) is 1. The van der Waals surface area contributed by atoms with Gasteiger partial charge < -0.3 is 15.6 Å². The Kier molecular flexibility index (Phi) is 4.80. The van der Waals surface area contributed by atoms with Gasteiger partial charge in [0.1, 0.15) is 5.75 Å². The molecule has 0 aliphatic carbocycles. The third-order valence-electron chi connectivity index (χ3n) is 2.99. The van der Waals surface area contributed by atoms with Crippen LogP contribution in [-0.4, -0.2) is 18.3 Å². The molecule has 96 valence electrons. The van der Waals surface area contributed by atoms with Crippen LogP contribution in [0.1, 0.15) is 31.1 Å². The van der Waals surface area contributed by atoms with E-state index < -0.39 is 6.10 Å². The zero-order valence-electron chi connectivity index (χ0n) is 10.7. The van der Waals surface area contributed by atoms with Gasteiger partial charge in [-0.05, 0) is 36.1 Å². The van der Waals surface area contributed by atoms with Gasteiger partial charge in [0.15, 0.2) is 0 Å². The monoisotopic (exact) mass is 257 g/mol. The second-order valence-electron chi connectivity index (χ2n) is 4.61. The largest absolute Gasteiger partial charge is 0.495 e. The van der Waals surface area contributed by atoms with Crippen LogP contribution < -0.4 is 10.5 Å². The van der Waals surface area contributed by atoms with Crippen LogP contribution >= 0.6 is 11.6 Å². The SMILES string of the molecule is COc1cc(C)c(C(O)C(N)C(C)C)cc1Cl. The molecule has 0 aliphatic heterocycles. The van der Waals surface area contributed by atoms with E-state index in [2.05, 4.69) is 0 Å². The fourth-order valence-corrected chi connectivity index (χ4v) is 1.97. The molecule has 2 unspecified atom stereocenters. The van der Waals surface area contributed by atoms with Crippen molar-refractivity contribution in [2.75, 3.05) is 7.11 Å². The van der Waals surface area contributed by atoms with E-state index in [-0.39, 0.29) is 12.0 Å². The lowest BCUT2D eigenvalue weighted by molar-refractivity contribution is 0.125. The molecule has 0 bridgehead atoms. The number of hydrogen-bond acceptors (Lipinski definition) is 3. The molecule has 0 saturated carbocycles. The molecule has 1 aromatic carbocycles. The van der Waals surface area contributed by atoms with Crippen molar-refractivity contribution in [3.63, 3.8) is 0 Å². The molecule has 0 saturated heterocycles. The lowest BCUT2D eigenvalue weighted by Crippen LogP contribution is -2.33. The highest BCUT2D eigenvalue weighted by Gasteiger charge is 2.22. The van der Waals surface area contributed by atoms with E-state index >= 15 is 0 Å². The molecule has 1 aromatic rings. The normalized spacial score (nSPS) is 14.8. The molecule has 3 N–H and O–H groups in total. The smallest absolute Gasteiger partial charge is 0.137 e. The minimum atomic E-state index is -0.710. The first kappa shape index (κ1) is 14.3. The zero-order valence-corrected chi connectivity index (χ0v) is 11.5. The fraction of sp³-hybridized carbons (Fsp3) is 0.538. The van der Waals surface area contributed by atoms with Gasteiger partial charge in [-0.25, -0.2) is 0 Å². The second kappa shape index (κ2) is 5.71. The van der Waals surface area contributed by atoms with E-state index in [4.69, 9.17) is 22.1 Å². The summed E-state index contributed by atoms with van der Waals surface area (Å²) in [7, 11) is 1.57. The lowest BCUT2D eigenvalue weighted by Gasteiger charge is -2.24. The van der Waals surface area contributed by atoms with Crippen molar-refractivity contribution in [1.29, 1.82) is 0 Å². The van der Waals surface area contributed by atoms with Gasteiger partial charge in [0.25, 0.3) is 0 Å². The van der Waals surface area contributed by atoms with Gasteiger partial charge in [-0.15, -0.1) is 0 Å². The Morgan fingerprint density at radius 1 is 1.35 bits per heavy atom. The first-order valence-corrected chi connectivity index (χ1v) is 6.04. The van der Waals surface area contributed by atoms with Gasteiger partial charge in [0, 0.05) is 6.04 Å². The van der Waals surface area contributed by atoms with Crippen LogP contribution in [0, 0.1) is 12.8 Å². The van der Waals surface area contributed by atoms with Gasteiger partial charge >= 0.3 is 0 Å². The van der Waals surface area contributed by atoms with Crippen LogP contribution in [0.4, 0.5) is 0 Å².